The molecule has 0 unspecified atom stereocenters. The van der Waals surface area contributed by atoms with Crippen LogP contribution in [0, 0.1) is 0 Å². The minimum Gasteiger partial charge on any atom is -0.449 e. The zero-order valence-corrected chi connectivity index (χ0v) is 16.5. The van der Waals surface area contributed by atoms with Gasteiger partial charge in [0.25, 0.3) is 5.91 Å². The number of benzene rings is 1. The molecule has 0 saturated carbocycles. The minimum atomic E-state index is -0.856. The predicted molar refractivity (Wildman–Crippen MR) is 109 cm³/mol. The fraction of sp³-hybridized carbons (Fsp3) is 0.200. The second-order valence-electron chi connectivity index (χ2n) is 6.90. The third kappa shape index (κ3) is 3.17. The number of halogens is 2. The Bertz CT molecular complexity index is 1310. The van der Waals surface area contributed by atoms with Crippen LogP contribution >= 0.6 is 11.6 Å². The second kappa shape index (κ2) is 7.10. The van der Waals surface area contributed by atoms with Crippen LogP contribution < -0.4 is 15.4 Å². The molecule has 10 heteroatoms. The van der Waals surface area contributed by atoms with Crippen molar-refractivity contribution in [3.63, 3.8) is 0 Å². The summed E-state index contributed by atoms with van der Waals surface area (Å²) in [6.45, 7) is 1.63. The van der Waals surface area contributed by atoms with Crippen molar-refractivity contribution < 1.29 is 18.3 Å². The minimum absolute atomic E-state index is 0.0304. The lowest BCUT2D eigenvalue weighted by atomic mass is 10.1. The SMILES string of the molecule is C[C@@H]1CNc2c(oc3ccc4nc(Oc5cc(Cl)nc(CF)n5)ccc4c23)C(=O)N1. The van der Waals surface area contributed by atoms with E-state index >= 15 is 0 Å². The molecule has 1 aliphatic rings. The van der Waals surface area contributed by atoms with Gasteiger partial charge in [0, 0.05) is 30.1 Å². The summed E-state index contributed by atoms with van der Waals surface area (Å²) in [5.74, 6) is 0.274. The van der Waals surface area contributed by atoms with Gasteiger partial charge >= 0.3 is 0 Å². The zero-order chi connectivity index (χ0) is 20.8. The molecule has 30 heavy (non-hydrogen) atoms. The highest BCUT2D eigenvalue weighted by atomic mass is 35.5. The lowest BCUT2D eigenvalue weighted by Gasteiger charge is -2.10. The van der Waals surface area contributed by atoms with Crippen LogP contribution in [0.15, 0.2) is 34.7 Å². The number of hydrogen-bond donors (Lipinski definition) is 2. The zero-order valence-electron chi connectivity index (χ0n) is 15.7. The number of alkyl halides is 1. The van der Waals surface area contributed by atoms with E-state index in [2.05, 4.69) is 25.6 Å². The highest BCUT2D eigenvalue weighted by Gasteiger charge is 2.26. The van der Waals surface area contributed by atoms with E-state index in [-0.39, 0.29) is 40.4 Å². The monoisotopic (exact) mass is 427 g/mol. The van der Waals surface area contributed by atoms with Crippen LogP contribution in [0.25, 0.3) is 21.9 Å². The molecule has 0 radical (unpaired) electrons. The number of rotatable bonds is 3. The van der Waals surface area contributed by atoms with Gasteiger partial charge in [-0.05, 0) is 25.1 Å². The Morgan fingerprint density at radius 2 is 2.10 bits per heavy atom. The summed E-state index contributed by atoms with van der Waals surface area (Å²) in [7, 11) is 0. The maximum absolute atomic E-state index is 12.9. The summed E-state index contributed by atoms with van der Waals surface area (Å²) < 4.78 is 24.3. The van der Waals surface area contributed by atoms with Crippen molar-refractivity contribution in [2.45, 2.75) is 19.6 Å². The first kappa shape index (κ1) is 18.6. The molecule has 1 atom stereocenters. The fourth-order valence-electron chi connectivity index (χ4n) is 3.42. The smallest absolute Gasteiger partial charge is 0.289 e. The molecule has 4 aromatic rings. The molecule has 0 saturated heterocycles. The van der Waals surface area contributed by atoms with Crippen LogP contribution in [0.2, 0.25) is 5.15 Å². The fourth-order valence-corrected chi connectivity index (χ4v) is 3.62. The molecule has 0 aliphatic carbocycles. The summed E-state index contributed by atoms with van der Waals surface area (Å²) >= 11 is 5.88. The van der Waals surface area contributed by atoms with Gasteiger partial charge in [-0.1, -0.05) is 11.6 Å². The van der Waals surface area contributed by atoms with E-state index in [1.807, 2.05) is 13.0 Å². The number of nitrogens with one attached hydrogen (secondary N) is 2. The average Bonchev–Trinajstić information content (AvgIpc) is 3.04. The van der Waals surface area contributed by atoms with E-state index in [0.29, 0.717) is 23.3 Å². The van der Waals surface area contributed by atoms with Gasteiger partial charge < -0.3 is 19.8 Å². The number of amides is 1. The summed E-state index contributed by atoms with van der Waals surface area (Å²) in [5.41, 5.74) is 1.85. The van der Waals surface area contributed by atoms with Gasteiger partial charge in [-0.3, -0.25) is 4.79 Å². The maximum atomic E-state index is 12.9. The number of ether oxygens (including phenoxy) is 1. The Morgan fingerprint density at radius 1 is 1.23 bits per heavy atom. The van der Waals surface area contributed by atoms with Crippen LogP contribution in [-0.4, -0.2) is 33.4 Å². The molecule has 2 N–H and O–H groups in total. The number of anilines is 1. The summed E-state index contributed by atoms with van der Waals surface area (Å²) in [5, 5.41) is 7.82. The number of fused-ring (bicyclic) bond motifs is 5. The van der Waals surface area contributed by atoms with Gasteiger partial charge in [-0.25, -0.2) is 14.4 Å². The lowest BCUT2D eigenvalue weighted by Crippen LogP contribution is -2.34. The molecule has 1 amide bonds. The summed E-state index contributed by atoms with van der Waals surface area (Å²) in [6.07, 6.45) is 0. The van der Waals surface area contributed by atoms with E-state index in [0.717, 1.165) is 10.8 Å². The number of hydrogen-bond acceptors (Lipinski definition) is 7. The molecule has 152 valence electrons. The van der Waals surface area contributed by atoms with E-state index in [1.165, 1.54) is 6.07 Å². The first-order valence-corrected chi connectivity index (χ1v) is 9.58. The lowest BCUT2D eigenvalue weighted by molar-refractivity contribution is 0.0920. The second-order valence-corrected chi connectivity index (χ2v) is 7.28. The predicted octanol–water partition coefficient (Wildman–Crippen LogP) is 4.23. The Labute approximate surface area is 174 Å². The van der Waals surface area contributed by atoms with Crippen molar-refractivity contribution >= 4 is 45.1 Å². The average molecular weight is 428 g/mol. The maximum Gasteiger partial charge on any atom is 0.289 e. The number of nitrogens with zero attached hydrogens (tertiary/aromatic N) is 3. The topological polar surface area (TPSA) is 102 Å². The van der Waals surface area contributed by atoms with Crippen LogP contribution in [0.5, 0.6) is 11.8 Å². The molecule has 8 nitrogen and oxygen atoms in total. The first-order chi connectivity index (χ1) is 14.5. The van der Waals surface area contributed by atoms with Crippen molar-refractivity contribution in [1.29, 1.82) is 0 Å². The Balaban J connectivity index is 1.58. The Kier molecular flexibility index (Phi) is 4.39. The largest absolute Gasteiger partial charge is 0.449 e. The normalized spacial score (nSPS) is 16.1. The molecule has 5 rings (SSSR count). The van der Waals surface area contributed by atoms with E-state index < -0.39 is 6.67 Å². The number of furan rings is 1. The Hall–Kier alpha value is -3.46. The Morgan fingerprint density at radius 3 is 2.93 bits per heavy atom. The van der Waals surface area contributed by atoms with Crippen molar-refractivity contribution in [2.24, 2.45) is 0 Å². The van der Waals surface area contributed by atoms with Crippen LogP contribution in [-0.2, 0) is 6.67 Å². The van der Waals surface area contributed by atoms with Crippen LogP contribution in [0.1, 0.15) is 23.3 Å². The molecular weight excluding hydrogens is 413 g/mol. The molecule has 1 aromatic carbocycles. The third-order valence-electron chi connectivity index (χ3n) is 4.71. The van der Waals surface area contributed by atoms with Crippen LogP contribution in [0.4, 0.5) is 10.1 Å². The highest BCUT2D eigenvalue weighted by Crippen LogP contribution is 2.37. The third-order valence-corrected chi connectivity index (χ3v) is 4.91. The van der Waals surface area contributed by atoms with E-state index in [4.69, 9.17) is 20.8 Å². The molecule has 4 heterocycles. The van der Waals surface area contributed by atoms with Gasteiger partial charge in [-0.15, -0.1) is 0 Å². The van der Waals surface area contributed by atoms with Gasteiger partial charge in [0.05, 0.1) is 16.6 Å². The van der Waals surface area contributed by atoms with Gasteiger partial charge in [0.15, 0.2) is 5.82 Å². The molecule has 3 aromatic heterocycles. The standard InChI is InChI=1S/C20H15ClFN5O3/c1-9-8-23-18-17-10-2-5-15(30-16-6-13(21)26-14(7-22)27-16)25-11(10)3-4-12(17)29-19(18)20(28)24-9/h2-6,9,23H,7-8H2,1H3,(H,24,28)/t9-/m1/s1. The van der Waals surface area contributed by atoms with Crippen molar-refractivity contribution in [2.75, 3.05) is 11.9 Å². The van der Waals surface area contributed by atoms with Gasteiger partial charge in [0.2, 0.25) is 17.5 Å². The number of aromatic nitrogens is 3. The highest BCUT2D eigenvalue weighted by molar-refractivity contribution is 6.29. The van der Waals surface area contributed by atoms with Gasteiger partial charge in [0.1, 0.15) is 17.4 Å². The number of carbonyl (C=O) groups is 1. The van der Waals surface area contributed by atoms with E-state index in [1.54, 1.807) is 18.2 Å². The van der Waals surface area contributed by atoms with Crippen molar-refractivity contribution in [3.05, 3.63) is 47.1 Å². The quantitative estimate of drug-likeness (QED) is 0.471. The molecular formula is C20H15ClFN5O3. The van der Waals surface area contributed by atoms with Crippen molar-refractivity contribution in [1.82, 2.24) is 20.3 Å². The molecule has 0 spiro atoms. The summed E-state index contributed by atoms with van der Waals surface area (Å²) in [4.78, 5) is 24.6. The molecule has 0 bridgehead atoms. The first-order valence-electron chi connectivity index (χ1n) is 9.20. The summed E-state index contributed by atoms with van der Waals surface area (Å²) in [6, 6.07) is 8.36. The molecule has 1 aliphatic heterocycles. The number of pyridine rings is 1. The van der Waals surface area contributed by atoms with Crippen LogP contribution in [0.3, 0.4) is 0 Å². The van der Waals surface area contributed by atoms with E-state index in [9.17, 15) is 9.18 Å². The van der Waals surface area contributed by atoms with Gasteiger partial charge in [-0.2, -0.15) is 4.98 Å². The molecule has 0 fully saturated rings. The number of carbonyl (C=O) groups excluding carboxylic acids is 1. The van der Waals surface area contributed by atoms with Crippen molar-refractivity contribution in [3.8, 4) is 11.8 Å².